The summed E-state index contributed by atoms with van der Waals surface area (Å²) in [5, 5.41) is 10.2. The second-order valence-corrected chi connectivity index (χ2v) is 9.11. The Morgan fingerprint density at radius 1 is 1.21 bits per heavy atom. The van der Waals surface area contributed by atoms with Crippen LogP contribution in [0.5, 0.6) is 11.5 Å². The highest BCUT2D eigenvalue weighted by atomic mass is 32.1. The largest absolute Gasteiger partial charge is 0.507 e. The molecule has 1 unspecified atom stereocenters. The van der Waals surface area contributed by atoms with E-state index in [1.807, 2.05) is 38.1 Å². The lowest BCUT2D eigenvalue weighted by Gasteiger charge is -2.25. The number of hydrogen-bond acceptors (Lipinski definition) is 7. The minimum atomic E-state index is -0.699. The number of esters is 1. The second-order valence-electron chi connectivity index (χ2n) is 8.10. The molecule has 1 aliphatic heterocycles. The van der Waals surface area contributed by atoms with Crippen molar-refractivity contribution in [1.82, 2.24) is 4.57 Å². The molecule has 3 aromatic rings. The summed E-state index contributed by atoms with van der Waals surface area (Å²) in [4.78, 5) is 31.5. The van der Waals surface area contributed by atoms with Gasteiger partial charge < -0.3 is 14.6 Å². The van der Waals surface area contributed by atoms with Crippen LogP contribution in [0.1, 0.15) is 44.9 Å². The van der Waals surface area contributed by atoms with Crippen LogP contribution in [0.25, 0.3) is 6.08 Å². The lowest BCUT2D eigenvalue weighted by Crippen LogP contribution is -2.39. The molecule has 0 bridgehead atoms. The second kappa shape index (κ2) is 9.69. The molecule has 0 aliphatic carbocycles. The molecule has 2 aromatic carbocycles. The molecule has 1 N–H and O–H groups in total. The molecule has 0 fully saturated rings. The number of phenolic OH excluding ortho intramolecular Hbond substituents is 1. The Labute approximate surface area is 200 Å². The van der Waals surface area contributed by atoms with Crippen LogP contribution in [0.15, 0.2) is 69.6 Å². The number of nitrogens with zero attached hydrogens (tertiary/aromatic N) is 2. The van der Waals surface area contributed by atoms with Gasteiger partial charge in [0.2, 0.25) is 0 Å². The number of rotatable bonds is 6. The highest BCUT2D eigenvalue weighted by molar-refractivity contribution is 7.07. The monoisotopic (exact) mass is 478 g/mol. The van der Waals surface area contributed by atoms with Crippen molar-refractivity contribution in [2.45, 2.75) is 39.8 Å². The van der Waals surface area contributed by atoms with Gasteiger partial charge in [-0.05, 0) is 57.5 Å². The molecular formula is C26H26N2O5S. The van der Waals surface area contributed by atoms with Gasteiger partial charge in [0, 0.05) is 5.56 Å². The van der Waals surface area contributed by atoms with E-state index in [0.717, 1.165) is 5.56 Å². The molecule has 1 atom stereocenters. The van der Waals surface area contributed by atoms with Gasteiger partial charge in [-0.3, -0.25) is 9.36 Å². The Kier molecular flexibility index (Phi) is 6.70. The van der Waals surface area contributed by atoms with Gasteiger partial charge in [-0.15, -0.1) is 0 Å². The average Bonchev–Trinajstić information content (AvgIpc) is 3.09. The number of aromatic hydroxyl groups is 1. The first-order valence-corrected chi connectivity index (χ1v) is 11.9. The van der Waals surface area contributed by atoms with Crippen LogP contribution < -0.4 is 19.6 Å². The number of hydrogen-bond donors (Lipinski definition) is 1. The summed E-state index contributed by atoms with van der Waals surface area (Å²) in [5.74, 6) is 0.268. The minimum Gasteiger partial charge on any atom is -0.507 e. The quantitative estimate of drug-likeness (QED) is 0.549. The van der Waals surface area contributed by atoms with Crippen LogP contribution in [0.4, 0.5) is 0 Å². The van der Waals surface area contributed by atoms with E-state index in [4.69, 9.17) is 9.47 Å². The van der Waals surface area contributed by atoms with Gasteiger partial charge >= 0.3 is 5.97 Å². The first-order chi connectivity index (χ1) is 16.3. The lowest BCUT2D eigenvalue weighted by molar-refractivity contribution is -0.139. The van der Waals surface area contributed by atoms with Crippen molar-refractivity contribution >= 4 is 23.4 Å². The number of carbonyl (C=O) groups is 1. The van der Waals surface area contributed by atoms with Crippen LogP contribution in [-0.4, -0.2) is 28.4 Å². The maximum Gasteiger partial charge on any atom is 0.338 e. The number of para-hydroxylation sites is 1. The number of fused-ring (bicyclic) bond motifs is 1. The zero-order chi connectivity index (χ0) is 24.4. The first kappa shape index (κ1) is 23.5. The molecule has 1 aromatic heterocycles. The van der Waals surface area contributed by atoms with Crippen LogP contribution >= 0.6 is 11.3 Å². The van der Waals surface area contributed by atoms with E-state index in [1.165, 1.54) is 15.9 Å². The predicted octanol–water partition coefficient (Wildman–Crippen LogP) is 3.29. The van der Waals surface area contributed by atoms with Gasteiger partial charge in [0.05, 0.1) is 34.6 Å². The van der Waals surface area contributed by atoms with Crippen molar-refractivity contribution in [1.29, 1.82) is 0 Å². The van der Waals surface area contributed by atoms with Gasteiger partial charge in [0.25, 0.3) is 5.56 Å². The zero-order valence-corrected chi connectivity index (χ0v) is 20.3. The van der Waals surface area contributed by atoms with E-state index >= 15 is 0 Å². The molecule has 4 rings (SSSR count). The van der Waals surface area contributed by atoms with E-state index in [0.29, 0.717) is 31.9 Å². The third-order valence-electron chi connectivity index (χ3n) is 5.31. The summed E-state index contributed by atoms with van der Waals surface area (Å²) in [6.45, 7) is 7.59. The number of ether oxygens (including phenoxy) is 2. The Morgan fingerprint density at radius 2 is 1.91 bits per heavy atom. The Bertz CT molecular complexity index is 1430. The molecule has 2 heterocycles. The van der Waals surface area contributed by atoms with E-state index in [1.54, 1.807) is 44.2 Å². The van der Waals surface area contributed by atoms with Crippen molar-refractivity contribution in [2.24, 2.45) is 4.99 Å². The third-order valence-corrected chi connectivity index (χ3v) is 6.29. The van der Waals surface area contributed by atoms with Crippen LogP contribution in [0.3, 0.4) is 0 Å². The standard InChI is InChI=1S/C26H26N2O5S/c1-5-32-25(31)22-16(4)27-26-28(23(22)17-10-12-19(13-11-17)33-15(2)3)24(30)21(34-26)14-18-8-6-7-9-20(18)29/h6-15,23,29H,5H2,1-4H3/b21-14+. The molecule has 0 radical (unpaired) electrons. The molecule has 7 nitrogen and oxygen atoms in total. The average molecular weight is 479 g/mol. The summed E-state index contributed by atoms with van der Waals surface area (Å²) in [7, 11) is 0. The Morgan fingerprint density at radius 3 is 2.56 bits per heavy atom. The predicted molar refractivity (Wildman–Crippen MR) is 131 cm³/mol. The Hall–Kier alpha value is -3.65. The van der Waals surface area contributed by atoms with E-state index in [2.05, 4.69) is 4.99 Å². The van der Waals surface area contributed by atoms with E-state index < -0.39 is 12.0 Å². The van der Waals surface area contributed by atoms with E-state index in [9.17, 15) is 14.7 Å². The summed E-state index contributed by atoms with van der Waals surface area (Å²) >= 11 is 1.21. The van der Waals surface area contributed by atoms with Gasteiger partial charge in [0.15, 0.2) is 4.80 Å². The highest BCUT2D eigenvalue weighted by Gasteiger charge is 2.33. The molecule has 34 heavy (non-hydrogen) atoms. The SMILES string of the molecule is CCOC(=O)C1=C(C)N=c2s/c(=C/c3ccccc3O)c(=O)n2C1c1ccc(OC(C)C)cc1. The van der Waals surface area contributed by atoms with Crippen molar-refractivity contribution in [2.75, 3.05) is 6.61 Å². The van der Waals surface area contributed by atoms with Crippen LogP contribution in [0, 0.1) is 0 Å². The zero-order valence-electron chi connectivity index (χ0n) is 19.4. The number of aromatic nitrogens is 1. The molecule has 8 heteroatoms. The molecule has 1 aliphatic rings. The van der Waals surface area contributed by atoms with Crippen molar-refractivity contribution in [3.05, 3.63) is 90.6 Å². The normalized spacial score (nSPS) is 15.8. The summed E-state index contributed by atoms with van der Waals surface area (Å²) < 4.78 is 13.0. The molecule has 176 valence electrons. The van der Waals surface area contributed by atoms with Gasteiger partial charge in [-0.25, -0.2) is 9.79 Å². The van der Waals surface area contributed by atoms with Crippen molar-refractivity contribution < 1.29 is 19.4 Å². The smallest absolute Gasteiger partial charge is 0.338 e. The molecular weight excluding hydrogens is 452 g/mol. The fourth-order valence-corrected chi connectivity index (χ4v) is 4.90. The van der Waals surface area contributed by atoms with Crippen molar-refractivity contribution in [3.8, 4) is 11.5 Å². The number of benzene rings is 2. The minimum absolute atomic E-state index is 0.0233. The highest BCUT2D eigenvalue weighted by Crippen LogP contribution is 2.31. The van der Waals surface area contributed by atoms with Crippen LogP contribution in [-0.2, 0) is 9.53 Å². The lowest BCUT2D eigenvalue weighted by atomic mass is 9.96. The summed E-state index contributed by atoms with van der Waals surface area (Å²) in [6.07, 6.45) is 1.66. The number of thiazole rings is 1. The fourth-order valence-electron chi connectivity index (χ4n) is 3.86. The fraction of sp³-hybridized carbons (Fsp3) is 0.269. The van der Waals surface area contributed by atoms with Crippen molar-refractivity contribution in [3.63, 3.8) is 0 Å². The summed E-state index contributed by atoms with van der Waals surface area (Å²) in [6, 6.07) is 13.4. The van der Waals surface area contributed by atoms with Gasteiger partial charge in [0.1, 0.15) is 11.5 Å². The first-order valence-electron chi connectivity index (χ1n) is 11.0. The maximum absolute atomic E-state index is 13.6. The van der Waals surface area contributed by atoms with Gasteiger partial charge in [-0.2, -0.15) is 0 Å². The molecule has 0 saturated carbocycles. The molecule has 0 saturated heterocycles. The molecule has 0 spiro atoms. The topological polar surface area (TPSA) is 90.1 Å². The number of allylic oxidation sites excluding steroid dienone is 1. The maximum atomic E-state index is 13.6. The Balaban J connectivity index is 1.91. The summed E-state index contributed by atoms with van der Waals surface area (Å²) in [5.41, 5.74) is 1.79. The molecule has 0 amide bonds. The number of phenols is 1. The van der Waals surface area contributed by atoms with E-state index in [-0.39, 0.29) is 24.0 Å². The van der Waals surface area contributed by atoms with Gasteiger partial charge in [-0.1, -0.05) is 41.7 Å². The van der Waals surface area contributed by atoms with Crippen LogP contribution in [0.2, 0.25) is 0 Å². The number of carbonyl (C=O) groups excluding carboxylic acids is 1. The third kappa shape index (κ3) is 4.54.